The average Bonchev–Trinajstić information content (AvgIpc) is 2.47. The number of aromatic carboxylic acids is 1. The van der Waals surface area contributed by atoms with Crippen LogP contribution in [0.15, 0.2) is 57.8 Å². The number of carbonyl (C=O) groups is 1. The van der Waals surface area contributed by atoms with Crippen LogP contribution in [0.4, 0.5) is 0 Å². The highest BCUT2D eigenvalue weighted by atomic mass is 79.9. The number of hydrogen-bond acceptors (Lipinski definition) is 3. The van der Waals surface area contributed by atoms with E-state index < -0.39 is 5.97 Å². The lowest BCUT2D eigenvalue weighted by Crippen LogP contribution is -2.24. The summed E-state index contributed by atoms with van der Waals surface area (Å²) in [6.07, 6.45) is 0. The van der Waals surface area contributed by atoms with Crippen molar-refractivity contribution in [3.8, 4) is 5.69 Å². The maximum absolute atomic E-state index is 12.5. The van der Waals surface area contributed by atoms with E-state index in [1.807, 2.05) is 6.07 Å². The SMILES string of the molecule is O=C(O)c1nn(-c2cccc(Br)c2)c(=O)c2ccccc12. The number of nitrogens with zero attached hydrogens (tertiary/aromatic N) is 2. The predicted molar refractivity (Wildman–Crippen MR) is 82.0 cm³/mol. The van der Waals surface area contributed by atoms with E-state index in [-0.39, 0.29) is 11.3 Å². The van der Waals surface area contributed by atoms with Crippen molar-refractivity contribution >= 4 is 32.7 Å². The zero-order valence-electron chi connectivity index (χ0n) is 10.7. The third kappa shape index (κ3) is 2.34. The minimum atomic E-state index is -1.17. The van der Waals surface area contributed by atoms with Crippen LogP contribution in [0.5, 0.6) is 0 Å². The summed E-state index contributed by atoms with van der Waals surface area (Å²) in [7, 11) is 0. The molecule has 1 N–H and O–H groups in total. The molecule has 3 rings (SSSR count). The van der Waals surface area contributed by atoms with Crippen LogP contribution in [0, 0.1) is 0 Å². The van der Waals surface area contributed by atoms with E-state index in [2.05, 4.69) is 21.0 Å². The molecular formula is C15H9BrN2O3. The highest BCUT2D eigenvalue weighted by molar-refractivity contribution is 9.10. The number of hydrogen-bond donors (Lipinski definition) is 1. The van der Waals surface area contributed by atoms with Crippen molar-refractivity contribution in [3.05, 3.63) is 69.1 Å². The molecule has 0 aliphatic carbocycles. The lowest BCUT2D eigenvalue weighted by atomic mass is 10.1. The van der Waals surface area contributed by atoms with Gasteiger partial charge in [-0.3, -0.25) is 4.79 Å². The summed E-state index contributed by atoms with van der Waals surface area (Å²) in [5, 5.41) is 14.0. The number of aromatic nitrogens is 2. The second-order valence-electron chi connectivity index (χ2n) is 4.40. The Balaban J connectivity index is 2.42. The minimum Gasteiger partial charge on any atom is -0.476 e. The van der Waals surface area contributed by atoms with Crippen molar-refractivity contribution in [2.24, 2.45) is 0 Å². The highest BCUT2D eigenvalue weighted by Crippen LogP contribution is 2.17. The van der Waals surface area contributed by atoms with Crippen molar-refractivity contribution in [1.82, 2.24) is 9.78 Å². The molecular weight excluding hydrogens is 336 g/mol. The Labute approximate surface area is 127 Å². The first-order chi connectivity index (χ1) is 10.1. The largest absolute Gasteiger partial charge is 0.476 e. The Morgan fingerprint density at radius 3 is 2.48 bits per heavy atom. The number of carboxylic acids is 1. The molecule has 0 aliphatic rings. The summed E-state index contributed by atoms with van der Waals surface area (Å²) in [5.74, 6) is -1.17. The van der Waals surface area contributed by atoms with E-state index in [0.29, 0.717) is 16.5 Å². The zero-order chi connectivity index (χ0) is 15.0. The van der Waals surface area contributed by atoms with Gasteiger partial charge in [0.15, 0.2) is 5.69 Å². The van der Waals surface area contributed by atoms with Crippen molar-refractivity contribution in [2.45, 2.75) is 0 Å². The first kappa shape index (κ1) is 13.5. The van der Waals surface area contributed by atoms with Gasteiger partial charge in [-0.15, -0.1) is 0 Å². The summed E-state index contributed by atoms with van der Waals surface area (Å²) in [4.78, 5) is 23.9. The summed E-state index contributed by atoms with van der Waals surface area (Å²) in [5.41, 5.74) is 0.00139. The molecule has 0 saturated heterocycles. The Morgan fingerprint density at radius 1 is 1.10 bits per heavy atom. The van der Waals surface area contributed by atoms with Gasteiger partial charge in [-0.2, -0.15) is 9.78 Å². The second kappa shape index (κ2) is 5.14. The number of halogens is 1. The normalized spacial score (nSPS) is 10.7. The Bertz CT molecular complexity index is 918. The van der Waals surface area contributed by atoms with E-state index in [1.165, 1.54) is 0 Å². The standard InChI is InChI=1S/C15H9BrN2O3/c16-9-4-3-5-10(8-9)18-14(19)12-7-2-1-6-11(12)13(17-18)15(20)21/h1-8H,(H,20,21). The van der Waals surface area contributed by atoms with Gasteiger partial charge in [0.1, 0.15) is 0 Å². The van der Waals surface area contributed by atoms with Crippen LogP contribution in [0.3, 0.4) is 0 Å². The molecule has 104 valence electrons. The fraction of sp³-hybridized carbons (Fsp3) is 0. The van der Waals surface area contributed by atoms with E-state index in [9.17, 15) is 14.7 Å². The molecule has 0 bridgehead atoms. The molecule has 0 saturated carbocycles. The quantitative estimate of drug-likeness (QED) is 0.775. The molecule has 6 heteroatoms. The topological polar surface area (TPSA) is 72.2 Å². The number of benzene rings is 2. The summed E-state index contributed by atoms with van der Waals surface area (Å²) in [6.45, 7) is 0. The predicted octanol–water partition coefficient (Wildman–Crippen LogP) is 2.85. The van der Waals surface area contributed by atoms with Crippen LogP contribution in [-0.4, -0.2) is 20.9 Å². The highest BCUT2D eigenvalue weighted by Gasteiger charge is 2.16. The smallest absolute Gasteiger partial charge is 0.357 e. The zero-order valence-corrected chi connectivity index (χ0v) is 12.2. The Morgan fingerprint density at radius 2 is 1.81 bits per heavy atom. The van der Waals surface area contributed by atoms with Crippen LogP contribution in [0.1, 0.15) is 10.5 Å². The molecule has 0 atom stereocenters. The number of rotatable bonds is 2. The first-order valence-electron chi connectivity index (χ1n) is 6.09. The Kier molecular flexibility index (Phi) is 3.31. The van der Waals surface area contributed by atoms with Crippen molar-refractivity contribution in [2.75, 3.05) is 0 Å². The van der Waals surface area contributed by atoms with Gasteiger partial charge in [-0.05, 0) is 24.3 Å². The average molecular weight is 345 g/mol. The van der Waals surface area contributed by atoms with E-state index in [1.54, 1.807) is 42.5 Å². The van der Waals surface area contributed by atoms with E-state index in [4.69, 9.17) is 0 Å². The molecule has 0 radical (unpaired) electrons. The maximum Gasteiger partial charge on any atom is 0.357 e. The van der Waals surface area contributed by atoms with E-state index >= 15 is 0 Å². The number of fused-ring (bicyclic) bond motifs is 1. The van der Waals surface area contributed by atoms with Gasteiger partial charge >= 0.3 is 5.97 Å². The molecule has 0 fully saturated rings. The molecule has 0 unspecified atom stereocenters. The fourth-order valence-electron chi connectivity index (χ4n) is 2.13. The lowest BCUT2D eigenvalue weighted by molar-refractivity contribution is 0.0691. The van der Waals surface area contributed by atoms with Gasteiger partial charge < -0.3 is 5.11 Å². The third-order valence-corrected chi connectivity index (χ3v) is 3.55. The van der Waals surface area contributed by atoms with Gasteiger partial charge in [0.2, 0.25) is 0 Å². The maximum atomic E-state index is 12.5. The van der Waals surface area contributed by atoms with Gasteiger partial charge in [0.05, 0.1) is 11.1 Å². The molecule has 5 nitrogen and oxygen atoms in total. The van der Waals surface area contributed by atoms with Crippen molar-refractivity contribution in [3.63, 3.8) is 0 Å². The molecule has 0 amide bonds. The Hall–Kier alpha value is -2.47. The number of carboxylic acid groups (broad SMARTS) is 1. The molecule has 1 heterocycles. The van der Waals surface area contributed by atoms with Crippen LogP contribution in [0.2, 0.25) is 0 Å². The molecule has 0 spiro atoms. The molecule has 3 aromatic rings. The van der Waals surface area contributed by atoms with Gasteiger partial charge in [0, 0.05) is 9.86 Å². The van der Waals surface area contributed by atoms with Crippen molar-refractivity contribution < 1.29 is 9.90 Å². The van der Waals surface area contributed by atoms with E-state index in [0.717, 1.165) is 9.15 Å². The van der Waals surface area contributed by atoms with Crippen LogP contribution >= 0.6 is 15.9 Å². The molecule has 2 aromatic carbocycles. The monoisotopic (exact) mass is 344 g/mol. The summed E-state index contributed by atoms with van der Waals surface area (Å²) < 4.78 is 1.88. The second-order valence-corrected chi connectivity index (χ2v) is 5.31. The first-order valence-corrected chi connectivity index (χ1v) is 6.88. The summed E-state index contributed by atoms with van der Waals surface area (Å²) in [6, 6.07) is 13.5. The van der Waals surface area contributed by atoms with Gasteiger partial charge in [-0.1, -0.05) is 40.2 Å². The van der Waals surface area contributed by atoms with Crippen molar-refractivity contribution in [1.29, 1.82) is 0 Å². The molecule has 0 aliphatic heterocycles. The fourth-order valence-corrected chi connectivity index (χ4v) is 2.52. The molecule has 1 aromatic heterocycles. The van der Waals surface area contributed by atoms with Crippen LogP contribution < -0.4 is 5.56 Å². The lowest BCUT2D eigenvalue weighted by Gasteiger charge is -2.09. The van der Waals surface area contributed by atoms with Crippen LogP contribution in [0.25, 0.3) is 16.5 Å². The van der Waals surface area contributed by atoms with Crippen LogP contribution in [-0.2, 0) is 0 Å². The minimum absolute atomic E-state index is 0.148. The molecule has 21 heavy (non-hydrogen) atoms. The van der Waals surface area contributed by atoms with Gasteiger partial charge in [0.25, 0.3) is 5.56 Å². The van der Waals surface area contributed by atoms with Gasteiger partial charge in [-0.25, -0.2) is 4.79 Å². The third-order valence-electron chi connectivity index (χ3n) is 3.06. The summed E-state index contributed by atoms with van der Waals surface area (Å²) >= 11 is 3.32.